The van der Waals surface area contributed by atoms with Crippen molar-refractivity contribution in [2.24, 2.45) is 0 Å². The third-order valence-corrected chi connectivity index (χ3v) is 10.8. The Kier molecular flexibility index (Phi) is 33.4. The molecule has 0 spiro atoms. The van der Waals surface area contributed by atoms with Crippen LogP contribution in [0.15, 0.2) is 85.1 Å². The lowest BCUT2D eigenvalue weighted by atomic mass is 9.85. The van der Waals surface area contributed by atoms with Crippen molar-refractivity contribution in [1.29, 1.82) is 0 Å². The minimum atomic E-state index is -5.16. The number of phosphoric ester groups is 1. The zero-order chi connectivity index (χ0) is 45.9. The number of hydrogen-bond acceptors (Lipinski definition) is 13. The summed E-state index contributed by atoms with van der Waals surface area (Å²) in [6, 6.07) is 0. The summed E-state index contributed by atoms with van der Waals surface area (Å²) < 4.78 is 33.4. The molecule has 14 nitrogen and oxygen atoms in total. The molecule has 1 aliphatic carbocycles. The molecule has 7 N–H and O–H groups in total. The number of rotatable bonds is 35. The highest BCUT2D eigenvalue weighted by Crippen LogP contribution is 2.47. The molecular weight excluding hydrogens is 819 g/mol. The molecule has 1 saturated carbocycles. The van der Waals surface area contributed by atoms with Crippen molar-refractivity contribution in [2.45, 2.75) is 185 Å². The van der Waals surface area contributed by atoms with E-state index in [1.54, 1.807) is 18.2 Å². The SMILES string of the molecule is CC/C=C\C/C=C\C/C=C\CCCCCCCC(=O)O[C@H](COC(=O)CCC/C=C/C=C\C(O)C/C=C\C/C=C\CCCCC)COP(=O)(O)OC1[C@H](O)[C@H](O)C(O)[C@H](O)[C@H]1O. The van der Waals surface area contributed by atoms with E-state index in [4.69, 9.17) is 18.5 Å². The smallest absolute Gasteiger partial charge is 0.462 e. The maximum atomic E-state index is 12.8. The number of esters is 2. The lowest BCUT2D eigenvalue weighted by Gasteiger charge is -2.41. The van der Waals surface area contributed by atoms with Gasteiger partial charge < -0.3 is 45.0 Å². The number of phosphoric acid groups is 1. The second-order valence-corrected chi connectivity index (χ2v) is 16.8. The summed E-state index contributed by atoms with van der Waals surface area (Å²) in [6.45, 7) is 2.99. The molecule has 15 heteroatoms. The van der Waals surface area contributed by atoms with Crippen molar-refractivity contribution in [3.05, 3.63) is 85.1 Å². The highest BCUT2D eigenvalue weighted by Gasteiger charge is 2.51. The summed E-state index contributed by atoms with van der Waals surface area (Å²) in [5.74, 6) is -1.26. The first-order chi connectivity index (χ1) is 29.8. The number of aliphatic hydroxyl groups excluding tert-OH is 6. The van der Waals surface area contributed by atoms with Gasteiger partial charge in [-0.15, -0.1) is 0 Å². The maximum Gasteiger partial charge on any atom is 0.472 e. The van der Waals surface area contributed by atoms with Gasteiger partial charge in [0.25, 0.3) is 0 Å². The van der Waals surface area contributed by atoms with Gasteiger partial charge in [-0.1, -0.05) is 131 Å². The van der Waals surface area contributed by atoms with Crippen LogP contribution >= 0.6 is 7.82 Å². The zero-order valence-corrected chi connectivity index (χ0v) is 37.9. The van der Waals surface area contributed by atoms with Crippen LogP contribution in [0.25, 0.3) is 0 Å². The number of unbranched alkanes of at least 4 members (excludes halogenated alkanes) is 9. The van der Waals surface area contributed by atoms with Gasteiger partial charge in [-0.05, 0) is 77.0 Å². The fourth-order valence-electron chi connectivity index (χ4n) is 6.14. The molecule has 0 radical (unpaired) electrons. The summed E-state index contributed by atoms with van der Waals surface area (Å²) >= 11 is 0. The van der Waals surface area contributed by atoms with Crippen molar-refractivity contribution in [1.82, 2.24) is 0 Å². The lowest BCUT2D eigenvalue weighted by Crippen LogP contribution is -2.64. The Balaban J connectivity index is 2.57. The van der Waals surface area contributed by atoms with Crippen LogP contribution in [0.5, 0.6) is 0 Å². The van der Waals surface area contributed by atoms with Gasteiger partial charge in [0.15, 0.2) is 6.10 Å². The molecule has 354 valence electrons. The molecule has 0 aromatic rings. The molecule has 9 atom stereocenters. The largest absolute Gasteiger partial charge is 0.472 e. The van der Waals surface area contributed by atoms with Crippen LogP contribution in [-0.4, -0.2) is 110 Å². The van der Waals surface area contributed by atoms with Gasteiger partial charge >= 0.3 is 19.8 Å². The Morgan fingerprint density at radius 2 is 1.13 bits per heavy atom. The average molecular weight is 897 g/mol. The van der Waals surface area contributed by atoms with Gasteiger partial charge in [0.1, 0.15) is 43.2 Å². The Morgan fingerprint density at radius 1 is 0.597 bits per heavy atom. The summed E-state index contributed by atoms with van der Waals surface area (Å²) in [6.07, 6.45) is 29.5. The van der Waals surface area contributed by atoms with Gasteiger partial charge in [0.05, 0.1) is 12.7 Å². The molecule has 4 unspecified atom stereocenters. The van der Waals surface area contributed by atoms with Gasteiger partial charge in [-0.2, -0.15) is 0 Å². The lowest BCUT2D eigenvalue weighted by molar-refractivity contribution is -0.220. The second kappa shape index (κ2) is 36.3. The van der Waals surface area contributed by atoms with Crippen molar-refractivity contribution in [3.8, 4) is 0 Å². The van der Waals surface area contributed by atoms with Crippen molar-refractivity contribution < 1.29 is 68.2 Å². The first kappa shape index (κ1) is 57.0. The van der Waals surface area contributed by atoms with Crippen LogP contribution in [0.3, 0.4) is 0 Å². The number of carbonyl (C=O) groups is 2. The summed E-state index contributed by atoms with van der Waals surface area (Å²) in [5, 5.41) is 60.3. The topological polar surface area (TPSA) is 230 Å². The number of hydrogen-bond donors (Lipinski definition) is 7. The van der Waals surface area contributed by atoms with Gasteiger partial charge in [-0.3, -0.25) is 18.6 Å². The van der Waals surface area contributed by atoms with Crippen LogP contribution in [0.4, 0.5) is 0 Å². The predicted molar refractivity (Wildman–Crippen MR) is 241 cm³/mol. The minimum Gasteiger partial charge on any atom is -0.462 e. The number of allylic oxidation sites excluding steroid dienone is 12. The molecule has 1 rings (SSSR count). The normalized spacial score (nSPS) is 23.2. The number of carbonyl (C=O) groups excluding carboxylic acids is 2. The van der Waals surface area contributed by atoms with E-state index in [-0.39, 0.29) is 12.8 Å². The highest BCUT2D eigenvalue weighted by atomic mass is 31.2. The van der Waals surface area contributed by atoms with Crippen LogP contribution in [0, 0.1) is 0 Å². The molecular formula is C47H77O14P. The molecule has 0 amide bonds. The van der Waals surface area contributed by atoms with Crippen LogP contribution in [0.1, 0.15) is 136 Å². The zero-order valence-electron chi connectivity index (χ0n) is 37.0. The molecule has 0 aromatic carbocycles. The van der Waals surface area contributed by atoms with E-state index in [0.717, 1.165) is 64.2 Å². The molecule has 0 heterocycles. The Labute approximate surface area is 370 Å². The number of aliphatic hydroxyl groups is 6. The summed E-state index contributed by atoms with van der Waals surface area (Å²) in [7, 11) is -5.16. The fraction of sp³-hybridized carbons (Fsp3) is 0.660. The average Bonchev–Trinajstić information content (AvgIpc) is 3.25. The summed E-state index contributed by atoms with van der Waals surface area (Å²) in [5.41, 5.74) is 0. The van der Waals surface area contributed by atoms with E-state index in [2.05, 4.69) is 62.5 Å². The second-order valence-electron chi connectivity index (χ2n) is 15.4. The van der Waals surface area contributed by atoms with Crippen LogP contribution < -0.4 is 0 Å². The van der Waals surface area contributed by atoms with E-state index in [1.807, 2.05) is 18.2 Å². The van der Waals surface area contributed by atoms with E-state index >= 15 is 0 Å². The van der Waals surface area contributed by atoms with E-state index < -0.39 is 81.8 Å². The molecule has 0 aliphatic heterocycles. The first-order valence-corrected chi connectivity index (χ1v) is 24.0. The first-order valence-electron chi connectivity index (χ1n) is 22.5. The molecule has 0 aromatic heterocycles. The van der Waals surface area contributed by atoms with Crippen LogP contribution in [-0.2, 0) is 32.7 Å². The molecule has 1 aliphatic rings. The highest BCUT2D eigenvalue weighted by molar-refractivity contribution is 7.47. The molecule has 0 saturated heterocycles. The van der Waals surface area contributed by atoms with Crippen molar-refractivity contribution >= 4 is 19.8 Å². The molecule has 0 bridgehead atoms. The van der Waals surface area contributed by atoms with Gasteiger partial charge in [-0.25, -0.2) is 4.57 Å². The van der Waals surface area contributed by atoms with Crippen molar-refractivity contribution in [2.75, 3.05) is 13.2 Å². The minimum absolute atomic E-state index is 0.0232. The van der Waals surface area contributed by atoms with E-state index in [1.165, 1.54) is 19.3 Å². The van der Waals surface area contributed by atoms with Gasteiger partial charge in [0.2, 0.25) is 0 Å². The summed E-state index contributed by atoms with van der Waals surface area (Å²) in [4.78, 5) is 35.7. The van der Waals surface area contributed by atoms with Crippen LogP contribution in [0.2, 0.25) is 0 Å². The Morgan fingerprint density at radius 3 is 1.77 bits per heavy atom. The maximum absolute atomic E-state index is 12.8. The van der Waals surface area contributed by atoms with Gasteiger partial charge in [0, 0.05) is 12.8 Å². The standard InChI is InChI=1S/C47H77O14P/c1-3-5-7-9-11-13-14-15-16-17-18-20-22-26-31-35-41(50)60-39(37-59-62(56,57)61-47-45(54)43(52)42(51)44(53)46(47)55)36-58-40(49)34-30-27-23-25-29-33-38(48)32-28-24-21-19-12-10-8-6-4-2/h5,7,11-13,15-16,19,23-25,28-29,33,38-39,42-48,51-55H,3-4,6,8-10,14,17-18,20-22,26-27,30-32,34-37H2,1-2H3,(H,56,57)/b7-5-,13-11-,16-15-,19-12-,25-23+,28-24-,33-29-/t38?,39-,42?,43-,44+,45-,46-,47?/m1/s1. The third kappa shape index (κ3) is 28.6. The Bertz CT molecular complexity index is 1420. The number of ether oxygens (including phenoxy) is 2. The van der Waals surface area contributed by atoms with E-state index in [9.17, 15) is 49.7 Å². The molecule has 62 heavy (non-hydrogen) atoms. The predicted octanol–water partition coefficient (Wildman–Crippen LogP) is 7.47. The van der Waals surface area contributed by atoms with Crippen molar-refractivity contribution in [3.63, 3.8) is 0 Å². The fourth-order valence-corrected chi connectivity index (χ4v) is 7.11. The van der Waals surface area contributed by atoms with E-state index in [0.29, 0.717) is 25.7 Å². The monoisotopic (exact) mass is 897 g/mol. The third-order valence-electron chi connectivity index (χ3n) is 9.80. The quantitative estimate of drug-likeness (QED) is 0.0108. The molecule has 1 fully saturated rings. The Hall–Kier alpha value is -3.01.